The summed E-state index contributed by atoms with van der Waals surface area (Å²) < 4.78 is 30.9. The van der Waals surface area contributed by atoms with Gasteiger partial charge in [-0.25, -0.2) is 8.42 Å². The van der Waals surface area contributed by atoms with Gasteiger partial charge in [-0.2, -0.15) is 0 Å². The summed E-state index contributed by atoms with van der Waals surface area (Å²) >= 11 is 0. The molecule has 0 bridgehead atoms. The minimum absolute atomic E-state index is 0.177. The van der Waals surface area contributed by atoms with Crippen LogP contribution in [0.2, 0.25) is 0 Å². The lowest BCUT2D eigenvalue weighted by Crippen LogP contribution is -2.48. The maximum Gasteiger partial charge on any atom is 0.243 e. The summed E-state index contributed by atoms with van der Waals surface area (Å²) in [5.74, 6) is 0.124. The number of ether oxygens (including phenoxy) is 1. The predicted molar refractivity (Wildman–Crippen MR) is 85.7 cm³/mol. The monoisotopic (exact) mass is 326 g/mol. The van der Waals surface area contributed by atoms with Crippen LogP contribution in [-0.2, 0) is 14.8 Å². The van der Waals surface area contributed by atoms with E-state index in [1.807, 2.05) is 13.0 Å². The van der Waals surface area contributed by atoms with Gasteiger partial charge in [0.1, 0.15) is 11.8 Å². The fraction of sp³-hybridized carbons (Fsp3) is 0.533. The van der Waals surface area contributed by atoms with Gasteiger partial charge >= 0.3 is 0 Å². The van der Waals surface area contributed by atoms with E-state index in [1.54, 1.807) is 19.1 Å². The Balaban J connectivity index is 2.42. The number of methoxy groups -OCH3 is 1. The van der Waals surface area contributed by atoms with E-state index in [-0.39, 0.29) is 11.9 Å². The Labute approximate surface area is 131 Å². The van der Waals surface area contributed by atoms with E-state index >= 15 is 0 Å². The molecule has 0 aliphatic heterocycles. The second-order valence-corrected chi connectivity index (χ2v) is 7.55. The third-order valence-electron chi connectivity index (χ3n) is 3.58. The van der Waals surface area contributed by atoms with E-state index in [1.165, 1.54) is 7.11 Å². The van der Waals surface area contributed by atoms with E-state index in [0.717, 1.165) is 29.0 Å². The average molecular weight is 326 g/mol. The van der Waals surface area contributed by atoms with Crippen LogP contribution in [-0.4, -0.2) is 39.8 Å². The van der Waals surface area contributed by atoms with Crippen LogP contribution in [0.3, 0.4) is 0 Å². The molecule has 1 aromatic carbocycles. The average Bonchev–Trinajstić information content (AvgIpc) is 3.21. The molecule has 0 radical (unpaired) electrons. The number of carbonyl (C=O) groups excluding carboxylic acids is 1. The van der Waals surface area contributed by atoms with Crippen LogP contribution in [0.1, 0.15) is 25.3 Å². The minimum Gasteiger partial charge on any atom is -0.495 e. The molecule has 6 nitrogen and oxygen atoms in total. The molecular weight excluding hydrogens is 304 g/mol. The first-order valence-electron chi connectivity index (χ1n) is 7.18. The Hall–Kier alpha value is -1.76. The summed E-state index contributed by atoms with van der Waals surface area (Å²) in [7, 11) is -2.16. The van der Waals surface area contributed by atoms with Gasteiger partial charge in [0.2, 0.25) is 15.9 Å². The number of aryl methyl sites for hydroxylation is 1. The van der Waals surface area contributed by atoms with E-state index in [0.29, 0.717) is 11.4 Å². The minimum atomic E-state index is -3.63. The van der Waals surface area contributed by atoms with Gasteiger partial charge in [0, 0.05) is 6.04 Å². The van der Waals surface area contributed by atoms with Gasteiger partial charge in [-0.1, -0.05) is 6.07 Å². The number of anilines is 1. The summed E-state index contributed by atoms with van der Waals surface area (Å²) in [6, 6.07) is 4.58. The summed E-state index contributed by atoms with van der Waals surface area (Å²) in [6.45, 7) is 3.44. The molecule has 0 spiro atoms. The maximum absolute atomic E-state index is 12.3. The highest BCUT2D eigenvalue weighted by Gasteiger charge is 2.34. The molecular formula is C15H22N2O4S. The third kappa shape index (κ3) is 3.71. The SMILES string of the molecule is COc1ccc(C)cc1N(C(C)C(=O)NC1CC1)S(C)(=O)=O. The molecule has 1 atom stereocenters. The van der Waals surface area contributed by atoms with Crippen LogP contribution in [0, 0.1) is 6.92 Å². The fourth-order valence-corrected chi connectivity index (χ4v) is 3.47. The lowest BCUT2D eigenvalue weighted by molar-refractivity contribution is -0.121. The molecule has 2 rings (SSSR count). The van der Waals surface area contributed by atoms with Crippen LogP contribution < -0.4 is 14.4 Å². The second-order valence-electron chi connectivity index (χ2n) is 5.69. The molecule has 1 unspecified atom stereocenters. The number of rotatable bonds is 6. The largest absolute Gasteiger partial charge is 0.495 e. The lowest BCUT2D eigenvalue weighted by atomic mass is 10.2. The van der Waals surface area contributed by atoms with Gasteiger partial charge in [0.25, 0.3) is 0 Å². The van der Waals surface area contributed by atoms with Crippen LogP contribution in [0.25, 0.3) is 0 Å². The zero-order valence-corrected chi connectivity index (χ0v) is 14.1. The first-order chi connectivity index (χ1) is 10.2. The van der Waals surface area contributed by atoms with Gasteiger partial charge in [0.05, 0.1) is 19.1 Å². The highest BCUT2D eigenvalue weighted by atomic mass is 32.2. The zero-order valence-electron chi connectivity index (χ0n) is 13.3. The van der Waals surface area contributed by atoms with Gasteiger partial charge in [-0.3, -0.25) is 9.10 Å². The maximum atomic E-state index is 12.3. The Morgan fingerprint density at radius 2 is 2.05 bits per heavy atom. The topological polar surface area (TPSA) is 75.7 Å². The number of sulfonamides is 1. The van der Waals surface area contributed by atoms with Crippen molar-refractivity contribution < 1.29 is 17.9 Å². The number of hydrogen-bond donors (Lipinski definition) is 1. The molecule has 0 saturated heterocycles. The zero-order chi connectivity index (χ0) is 16.5. The van der Waals surface area contributed by atoms with Crippen LogP contribution in [0.4, 0.5) is 5.69 Å². The van der Waals surface area contributed by atoms with E-state index in [9.17, 15) is 13.2 Å². The molecule has 1 aromatic rings. The van der Waals surface area contributed by atoms with Gasteiger partial charge in [0.15, 0.2) is 0 Å². The molecule has 0 heterocycles. The summed E-state index contributed by atoms with van der Waals surface area (Å²) in [4.78, 5) is 12.3. The number of amides is 1. The van der Waals surface area contributed by atoms with Crippen LogP contribution in [0.5, 0.6) is 5.75 Å². The van der Waals surface area contributed by atoms with E-state index in [4.69, 9.17) is 4.74 Å². The number of nitrogens with one attached hydrogen (secondary N) is 1. The smallest absolute Gasteiger partial charge is 0.243 e. The number of carbonyl (C=O) groups is 1. The second kappa shape index (κ2) is 6.16. The fourth-order valence-electron chi connectivity index (χ4n) is 2.30. The Morgan fingerprint density at radius 3 is 2.55 bits per heavy atom. The standard InChI is InChI=1S/C15H22N2O4S/c1-10-5-8-14(21-3)13(9-10)17(22(4,19)20)11(2)15(18)16-12-6-7-12/h5,8-9,11-12H,6-7H2,1-4H3,(H,16,18). The molecule has 122 valence electrons. The number of nitrogens with zero attached hydrogens (tertiary/aromatic N) is 1. The molecule has 1 amide bonds. The van der Waals surface area contributed by atoms with Crippen molar-refractivity contribution in [2.75, 3.05) is 17.7 Å². The van der Waals surface area contributed by atoms with Crippen molar-refractivity contribution in [3.8, 4) is 5.75 Å². The summed E-state index contributed by atoms with van der Waals surface area (Å²) in [5.41, 5.74) is 1.27. The molecule has 1 aliphatic carbocycles. The highest BCUT2D eigenvalue weighted by molar-refractivity contribution is 7.92. The molecule has 22 heavy (non-hydrogen) atoms. The Morgan fingerprint density at radius 1 is 1.41 bits per heavy atom. The van der Waals surface area contributed by atoms with Crippen molar-refractivity contribution >= 4 is 21.6 Å². The quantitative estimate of drug-likeness (QED) is 0.858. The first-order valence-corrected chi connectivity index (χ1v) is 9.03. The van der Waals surface area contributed by atoms with Crippen molar-refractivity contribution in [2.24, 2.45) is 0 Å². The molecule has 1 fully saturated rings. The van der Waals surface area contributed by atoms with E-state index in [2.05, 4.69) is 5.32 Å². The van der Waals surface area contributed by atoms with Crippen molar-refractivity contribution in [1.82, 2.24) is 5.32 Å². The molecule has 1 saturated carbocycles. The van der Waals surface area contributed by atoms with Crippen molar-refractivity contribution in [2.45, 2.75) is 38.8 Å². The van der Waals surface area contributed by atoms with Crippen LogP contribution >= 0.6 is 0 Å². The predicted octanol–water partition coefficient (Wildman–Crippen LogP) is 1.44. The van der Waals surface area contributed by atoms with Crippen molar-refractivity contribution in [1.29, 1.82) is 0 Å². The number of hydrogen-bond acceptors (Lipinski definition) is 4. The molecule has 1 aliphatic rings. The Kier molecular flexibility index (Phi) is 4.65. The first kappa shape index (κ1) is 16.6. The lowest BCUT2D eigenvalue weighted by Gasteiger charge is -2.29. The Bertz CT molecular complexity index is 668. The van der Waals surface area contributed by atoms with Crippen molar-refractivity contribution in [3.05, 3.63) is 23.8 Å². The number of benzene rings is 1. The molecule has 0 aromatic heterocycles. The van der Waals surface area contributed by atoms with Gasteiger partial charge in [-0.15, -0.1) is 0 Å². The third-order valence-corrected chi connectivity index (χ3v) is 4.81. The van der Waals surface area contributed by atoms with Gasteiger partial charge < -0.3 is 10.1 Å². The van der Waals surface area contributed by atoms with Crippen LogP contribution in [0.15, 0.2) is 18.2 Å². The van der Waals surface area contributed by atoms with Gasteiger partial charge in [-0.05, 0) is 44.4 Å². The summed E-state index contributed by atoms with van der Waals surface area (Å²) in [5, 5.41) is 2.84. The highest BCUT2D eigenvalue weighted by Crippen LogP contribution is 2.32. The molecule has 7 heteroatoms. The molecule has 1 N–H and O–H groups in total. The normalized spacial score (nSPS) is 16.0. The van der Waals surface area contributed by atoms with E-state index < -0.39 is 16.1 Å². The van der Waals surface area contributed by atoms with Crippen molar-refractivity contribution in [3.63, 3.8) is 0 Å². The summed E-state index contributed by atoms with van der Waals surface area (Å²) in [6.07, 6.45) is 2.99.